The summed E-state index contributed by atoms with van der Waals surface area (Å²) < 4.78 is 13.8. The van der Waals surface area contributed by atoms with E-state index in [4.69, 9.17) is 0 Å². The van der Waals surface area contributed by atoms with Gasteiger partial charge in [-0.25, -0.2) is 4.39 Å². The highest BCUT2D eigenvalue weighted by Crippen LogP contribution is 2.21. The van der Waals surface area contributed by atoms with Crippen molar-refractivity contribution in [3.63, 3.8) is 0 Å². The van der Waals surface area contributed by atoms with Gasteiger partial charge in [0.2, 0.25) is 0 Å². The third-order valence-corrected chi connectivity index (χ3v) is 3.96. The SMILES string of the molecule is CCC(CC)C(O)CNC(=O)c1c[nH]c2cccc(F)c12. The summed E-state index contributed by atoms with van der Waals surface area (Å²) in [5.41, 5.74) is 0.848. The number of aliphatic hydroxyl groups is 1. The highest BCUT2D eigenvalue weighted by Gasteiger charge is 2.19. The predicted octanol–water partition coefficient (Wildman–Crippen LogP) is 2.83. The second-order valence-corrected chi connectivity index (χ2v) is 5.22. The third kappa shape index (κ3) is 3.24. The minimum atomic E-state index is -0.584. The van der Waals surface area contributed by atoms with Crippen molar-refractivity contribution in [1.29, 1.82) is 0 Å². The average molecular weight is 292 g/mol. The number of aliphatic hydroxyl groups excluding tert-OH is 1. The van der Waals surface area contributed by atoms with Gasteiger partial charge < -0.3 is 15.4 Å². The molecule has 1 aromatic carbocycles. The van der Waals surface area contributed by atoms with Crippen LogP contribution in [-0.4, -0.2) is 28.6 Å². The molecule has 0 saturated heterocycles. The summed E-state index contributed by atoms with van der Waals surface area (Å²) >= 11 is 0. The Kier molecular flexibility index (Phi) is 4.96. The van der Waals surface area contributed by atoms with Crippen LogP contribution in [0.2, 0.25) is 0 Å². The molecule has 0 radical (unpaired) electrons. The topological polar surface area (TPSA) is 65.1 Å². The molecule has 0 bridgehead atoms. The predicted molar refractivity (Wildman–Crippen MR) is 80.7 cm³/mol. The fourth-order valence-corrected chi connectivity index (χ4v) is 2.61. The standard InChI is InChI=1S/C16H21FN2O2/c1-3-10(4-2)14(20)9-19-16(21)11-8-18-13-7-5-6-12(17)15(11)13/h5-8,10,14,18,20H,3-4,9H2,1-2H3,(H,19,21). The van der Waals surface area contributed by atoms with E-state index in [0.29, 0.717) is 5.52 Å². The Morgan fingerprint density at radius 2 is 2.10 bits per heavy atom. The van der Waals surface area contributed by atoms with Crippen LogP contribution in [0.15, 0.2) is 24.4 Å². The van der Waals surface area contributed by atoms with Gasteiger partial charge in [0.25, 0.3) is 5.91 Å². The molecule has 0 fully saturated rings. The van der Waals surface area contributed by atoms with E-state index in [2.05, 4.69) is 10.3 Å². The van der Waals surface area contributed by atoms with Crippen molar-refractivity contribution in [2.75, 3.05) is 6.54 Å². The Morgan fingerprint density at radius 1 is 1.38 bits per heavy atom. The van der Waals surface area contributed by atoms with Crippen molar-refractivity contribution in [1.82, 2.24) is 10.3 Å². The van der Waals surface area contributed by atoms with Crippen LogP contribution in [0.25, 0.3) is 10.9 Å². The first-order valence-corrected chi connectivity index (χ1v) is 7.30. The molecule has 1 unspecified atom stereocenters. The van der Waals surface area contributed by atoms with Gasteiger partial charge in [0.15, 0.2) is 0 Å². The zero-order chi connectivity index (χ0) is 15.4. The lowest BCUT2D eigenvalue weighted by atomic mass is 9.96. The quantitative estimate of drug-likeness (QED) is 0.766. The smallest absolute Gasteiger partial charge is 0.253 e. The molecule has 4 nitrogen and oxygen atoms in total. The number of amides is 1. The maximum atomic E-state index is 13.8. The molecule has 2 rings (SSSR count). The molecule has 5 heteroatoms. The Morgan fingerprint density at radius 3 is 2.76 bits per heavy atom. The second kappa shape index (κ2) is 6.72. The number of carbonyl (C=O) groups excluding carboxylic acids is 1. The molecule has 3 N–H and O–H groups in total. The van der Waals surface area contributed by atoms with E-state index < -0.39 is 11.9 Å². The fraction of sp³-hybridized carbons (Fsp3) is 0.438. The molecule has 1 amide bonds. The highest BCUT2D eigenvalue weighted by molar-refractivity contribution is 6.06. The van der Waals surface area contributed by atoms with Gasteiger partial charge >= 0.3 is 0 Å². The molecular formula is C16H21FN2O2. The molecule has 0 spiro atoms. The average Bonchev–Trinajstić information content (AvgIpc) is 2.91. The minimum absolute atomic E-state index is 0.157. The molecule has 0 saturated carbocycles. The monoisotopic (exact) mass is 292 g/mol. The molecule has 0 aliphatic rings. The van der Waals surface area contributed by atoms with E-state index in [-0.39, 0.29) is 29.3 Å². The molecule has 2 aromatic rings. The van der Waals surface area contributed by atoms with Crippen LogP contribution >= 0.6 is 0 Å². The van der Waals surface area contributed by atoms with Gasteiger partial charge in [-0.2, -0.15) is 0 Å². The minimum Gasteiger partial charge on any atom is -0.391 e. The van der Waals surface area contributed by atoms with Gasteiger partial charge in [-0.1, -0.05) is 32.8 Å². The molecule has 0 aliphatic carbocycles. The first kappa shape index (κ1) is 15.5. The number of carbonyl (C=O) groups is 1. The van der Waals surface area contributed by atoms with Crippen molar-refractivity contribution in [3.05, 3.63) is 35.8 Å². The first-order chi connectivity index (χ1) is 10.1. The van der Waals surface area contributed by atoms with Crippen molar-refractivity contribution >= 4 is 16.8 Å². The lowest BCUT2D eigenvalue weighted by Crippen LogP contribution is -2.36. The van der Waals surface area contributed by atoms with E-state index >= 15 is 0 Å². The largest absolute Gasteiger partial charge is 0.391 e. The first-order valence-electron chi connectivity index (χ1n) is 7.30. The van der Waals surface area contributed by atoms with Crippen molar-refractivity contribution in [2.24, 2.45) is 5.92 Å². The summed E-state index contributed by atoms with van der Waals surface area (Å²) in [4.78, 5) is 15.0. The number of halogens is 1. The van der Waals surface area contributed by atoms with Crippen molar-refractivity contribution in [2.45, 2.75) is 32.8 Å². The zero-order valence-corrected chi connectivity index (χ0v) is 12.3. The second-order valence-electron chi connectivity index (χ2n) is 5.22. The van der Waals surface area contributed by atoms with Gasteiger partial charge in [0.1, 0.15) is 5.82 Å². The van der Waals surface area contributed by atoms with Crippen LogP contribution in [-0.2, 0) is 0 Å². The van der Waals surface area contributed by atoms with Crippen LogP contribution < -0.4 is 5.32 Å². The molecule has 21 heavy (non-hydrogen) atoms. The lowest BCUT2D eigenvalue weighted by molar-refractivity contribution is 0.0818. The molecule has 1 aromatic heterocycles. The van der Waals surface area contributed by atoms with Crippen molar-refractivity contribution in [3.8, 4) is 0 Å². The molecule has 114 valence electrons. The van der Waals surface area contributed by atoms with Gasteiger partial charge in [-0.05, 0) is 18.1 Å². The number of hydrogen-bond donors (Lipinski definition) is 3. The summed E-state index contributed by atoms with van der Waals surface area (Å²) in [6.45, 7) is 4.19. The third-order valence-electron chi connectivity index (χ3n) is 3.96. The van der Waals surface area contributed by atoms with Gasteiger partial charge in [0.05, 0.1) is 11.7 Å². The van der Waals surface area contributed by atoms with E-state index in [9.17, 15) is 14.3 Å². The van der Waals surface area contributed by atoms with E-state index in [0.717, 1.165) is 12.8 Å². The number of benzene rings is 1. The number of aromatic amines is 1. The van der Waals surface area contributed by atoms with Crippen LogP contribution in [0, 0.1) is 11.7 Å². The number of fused-ring (bicyclic) bond motifs is 1. The Balaban J connectivity index is 2.09. The lowest BCUT2D eigenvalue weighted by Gasteiger charge is -2.20. The zero-order valence-electron chi connectivity index (χ0n) is 12.3. The Labute approximate surface area is 123 Å². The molecular weight excluding hydrogens is 271 g/mol. The summed E-state index contributed by atoms with van der Waals surface area (Å²) in [5.74, 6) is -0.652. The van der Waals surface area contributed by atoms with Crippen LogP contribution in [0.1, 0.15) is 37.0 Å². The maximum Gasteiger partial charge on any atom is 0.253 e. The molecule has 0 aliphatic heterocycles. The Hall–Kier alpha value is -1.88. The summed E-state index contributed by atoms with van der Waals surface area (Å²) in [6.07, 6.45) is 2.62. The molecule has 1 atom stereocenters. The fourth-order valence-electron chi connectivity index (χ4n) is 2.61. The van der Waals surface area contributed by atoms with E-state index in [1.165, 1.54) is 12.3 Å². The van der Waals surface area contributed by atoms with Gasteiger partial charge in [-0.3, -0.25) is 4.79 Å². The summed E-state index contributed by atoms with van der Waals surface area (Å²) in [5, 5.41) is 13.0. The van der Waals surface area contributed by atoms with Gasteiger partial charge in [0, 0.05) is 23.6 Å². The number of rotatable bonds is 6. The number of nitrogens with one attached hydrogen (secondary N) is 2. The van der Waals surface area contributed by atoms with Gasteiger partial charge in [-0.15, -0.1) is 0 Å². The van der Waals surface area contributed by atoms with E-state index in [1.807, 2.05) is 13.8 Å². The van der Waals surface area contributed by atoms with Crippen LogP contribution in [0.5, 0.6) is 0 Å². The number of aromatic nitrogens is 1. The highest BCUT2D eigenvalue weighted by atomic mass is 19.1. The number of H-pyrrole nitrogens is 1. The summed E-state index contributed by atoms with van der Waals surface area (Å²) in [7, 11) is 0. The molecule has 1 heterocycles. The normalized spacial score (nSPS) is 12.8. The van der Waals surface area contributed by atoms with Crippen molar-refractivity contribution < 1.29 is 14.3 Å². The number of hydrogen-bond acceptors (Lipinski definition) is 2. The van der Waals surface area contributed by atoms with Crippen LogP contribution in [0.3, 0.4) is 0 Å². The Bertz CT molecular complexity index is 620. The van der Waals surface area contributed by atoms with E-state index in [1.54, 1.807) is 12.1 Å². The van der Waals surface area contributed by atoms with Crippen LogP contribution in [0.4, 0.5) is 4.39 Å². The maximum absolute atomic E-state index is 13.8. The summed E-state index contributed by atoms with van der Waals surface area (Å²) in [6, 6.07) is 4.63.